The zero-order chi connectivity index (χ0) is 16.7. The van der Waals surface area contributed by atoms with E-state index in [0.29, 0.717) is 12.2 Å². The summed E-state index contributed by atoms with van der Waals surface area (Å²) in [7, 11) is 0. The molecule has 1 aromatic carbocycles. The van der Waals surface area contributed by atoms with Gasteiger partial charge in [-0.2, -0.15) is 0 Å². The molecule has 2 aromatic rings. The molecule has 0 atom stereocenters. The second kappa shape index (κ2) is 8.73. The highest BCUT2D eigenvalue weighted by atomic mass is 16.5. The molecule has 23 heavy (non-hydrogen) atoms. The van der Waals surface area contributed by atoms with E-state index in [1.165, 1.54) is 18.4 Å². The van der Waals surface area contributed by atoms with Crippen LogP contribution in [0.3, 0.4) is 0 Å². The Bertz CT molecular complexity index is 627. The van der Waals surface area contributed by atoms with Crippen LogP contribution in [0.25, 0.3) is 10.9 Å². The summed E-state index contributed by atoms with van der Waals surface area (Å²) in [5.74, 6) is 0.433. The number of aromatic amines is 1. The van der Waals surface area contributed by atoms with Crippen molar-refractivity contribution in [1.29, 1.82) is 0 Å². The number of esters is 1. The Morgan fingerprint density at radius 3 is 2.52 bits per heavy atom. The molecule has 0 radical (unpaired) electrons. The number of aromatic nitrogens is 1. The first-order valence-electron chi connectivity index (χ1n) is 8.70. The number of H-pyrrole nitrogens is 1. The van der Waals surface area contributed by atoms with E-state index in [2.05, 4.69) is 29.9 Å². The Balaban J connectivity index is 2.10. The van der Waals surface area contributed by atoms with Crippen molar-refractivity contribution in [1.82, 2.24) is 9.88 Å². The highest BCUT2D eigenvalue weighted by Crippen LogP contribution is 2.24. The van der Waals surface area contributed by atoms with Gasteiger partial charge < -0.3 is 14.6 Å². The van der Waals surface area contributed by atoms with Gasteiger partial charge in [0.1, 0.15) is 5.75 Å². The summed E-state index contributed by atoms with van der Waals surface area (Å²) in [4.78, 5) is 17.3. The molecule has 0 saturated heterocycles. The molecule has 126 valence electrons. The molecule has 0 spiro atoms. The Kier molecular flexibility index (Phi) is 6.66. The largest absolute Gasteiger partial charge is 0.427 e. The van der Waals surface area contributed by atoms with Gasteiger partial charge in [-0.3, -0.25) is 4.79 Å². The smallest absolute Gasteiger partial charge is 0.310 e. The minimum Gasteiger partial charge on any atom is -0.427 e. The fourth-order valence-corrected chi connectivity index (χ4v) is 2.88. The fourth-order valence-electron chi connectivity index (χ4n) is 2.88. The summed E-state index contributed by atoms with van der Waals surface area (Å²) in [6, 6.07) is 5.79. The van der Waals surface area contributed by atoms with Crippen LogP contribution in [0.1, 0.15) is 45.6 Å². The van der Waals surface area contributed by atoms with Crippen molar-refractivity contribution < 1.29 is 9.53 Å². The minimum absolute atomic E-state index is 0.196. The number of carbonyl (C=O) groups is 1. The van der Waals surface area contributed by atoms with Gasteiger partial charge in [-0.05, 0) is 56.1 Å². The molecule has 1 heterocycles. The van der Waals surface area contributed by atoms with Crippen LogP contribution in [0.4, 0.5) is 0 Å². The van der Waals surface area contributed by atoms with Gasteiger partial charge in [0, 0.05) is 30.1 Å². The van der Waals surface area contributed by atoms with Crippen LogP contribution in [0.2, 0.25) is 0 Å². The Morgan fingerprint density at radius 1 is 1.13 bits per heavy atom. The number of ether oxygens (including phenoxy) is 1. The van der Waals surface area contributed by atoms with Crippen LogP contribution in [-0.4, -0.2) is 35.5 Å². The molecule has 0 aliphatic heterocycles. The van der Waals surface area contributed by atoms with E-state index in [9.17, 15) is 4.79 Å². The van der Waals surface area contributed by atoms with E-state index in [4.69, 9.17) is 4.74 Å². The van der Waals surface area contributed by atoms with Crippen molar-refractivity contribution in [2.24, 2.45) is 0 Å². The van der Waals surface area contributed by atoms with Gasteiger partial charge in [0.25, 0.3) is 0 Å². The van der Waals surface area contributed by atoms with Crippen LogP contribution < -0.4 is 4.74 Å². The van der Waals surface area contributed by atoms with E-state index in [1.54, 1.807) is 6.92 Å². The van der Waals surface area contributed by atoms with Gasteiger partial charge in [-0.25, -0.2) is 0 Å². The molecule has 0 unspecified atom stereocenters. The van der Waals surface area contributed by atoms with Crippen molar-refractivity contribution in [2.75, 3.05) is 19.6 Å². The first-order valence-corrected chi connectivity index (χ1v) is 8.70. The maximum absolute atomic E-state index is 11.5. The number of nitrogens with zero attached hydrogens (tertiary/aromatic N) is 1. The molecular weight excluding hydrogens is 288 g/mol. The fraction of sp³-hybridized carbons (Fsp3) is 0.526. The lowest BCUT2D eigenvalue weighted by molar-refractivity contribution is -0.134. The average molecular weight is 316 g/mol. The molecule has 1 N–H and O–H groups in total. The number of benzene rings is 1. The van der Waals surface area contributed by atoms with Crippen molar-refractivity contribution >= 4 is 16.9 Å². The normalized spacial score (nSPS) is 11.3. The zero-order valence-corrected chi connectivity index (χ0v) is 14.5. The predicted octanol–water partition coefficient (Wildman–Crippen LogP) is 4.15. The first kappa shape index (κ1) is 17.5. The van der Waals surface area contributed by atoms with Gasteiger partial charge in [0.05, 0.1) is 0 Å². The molecule has 1 aromatic heterocycles. The van der Waals surface area contributed by atoms with Crippen LogP contribution in [0.15, 0.2) is 24.4 Å². The van der Waals surface area contributed by atoms with Crippen LogP contribution in [0.5, 0.6) is 5.75 Å². The summed E-state index contributed by atoms with van der Waals surface area (Å²) in [5, 5.41) is 1.15. The standard InChI is InChI=1S/C19H28N2O2/c1-4-10-21(11-5-2)12-9-15-14-20-18-8-7-16(13-17(15)18)23-19(22)6-3/h7-8,13-14,20H,4-6,9-12H2,1-3H3. The summed E-state index contributed by atoms with van der Waals surface area (Å²) < 4.78 is 5.34. The highest BCUT2D eigenvalue weighted by Gasteiger charge is 2.09. The lowest BCUT2D eigenvalue weighted by Gasteiger charge is -2.20. The summed E-state index contributed by atoms with van der Waals surface area (Å²) >= 11 is 0. The van der Waals surface area contributed by atoms with Gasteiger partial charge in [0.15, 0.2) is 0 Å². The van der Waals surface area contributed by atoms with Crippen molar-refractivity contribution in [3.8, 4) is 5.75 Å². The molecule has 0 aliphatic carbocycles. The van der Waals surface area contributed by atoms with Crippen LogP contribution in [0, 0.1) is 0 Å². The number of carbonyl (C=O) groups excluding carboxylic acids is 1. The van der Waals surface area contributed by atoms with E-state index in [0.717, 1.165) is 37.0 Å². The second-order valence-corrected chi connectivity index (χ2v) is 5.94. The molecule has 0 fully saturated rings. The first-order chi connectivity index (χ1) is 11.2. The molecule has 0 amide bonds. The highest BCUT2D eigenvalue weighted by molar-refractivity contribution is 5.85. The van der Waals surface area contributed by atoms with E-state index in [-0.39, 0.29) is 5.97 Å². The molecule has 2 rings (SSSR count). The van der Waals surface area contributed by atoms with E-state index in [1.807, 2.05) is 18.2 Å². The number of rotatable bonds is 9. The Hall–Kier alpha value is -1.81. The lowest BCUT2D eigenvalue weighted by atomic mass is 10.1. The Labute approximate surface area is 138 Å². The third-order valence-electron chi connectivity index (χ3n) is 4.04. The molecule has 0 aliphatic rings. The molecular formula is C19H28N2O2. The lowest BCUT2D eigenvalue weighted by Crippen LogP contribution is -2.27. The Morgan fingerprint density at radius 2 is 1.87 bits per heavy atom. The SMILES string of the molecule is CCCN(CCC)CCc1c[nH]c2ccc(OC(=O)CC)cc12. The summed E-state index contributed by atoms with van der Waals surface area (Å²) in [6.07, 6.45) is 5.84. The van der Waals surface area contributed by atoms with Gasteiger partial charge in [-0.1, -0.05) is 20.8 Å². The van der Waals surface area contributed by atoms with Gasteiger partial charge >= 0.3 is 5.97 Å². The molecule has 0 saturated carbocycles. The molecule has 0 bridgehead atoms. The number of hydrogen-bond donors (Lipinski definition) is 1. The van der Waals surface area contributed by atoms with Crippen molar-refractivity contribution in [3.63, 3.8) is 0 Å². The van der Waals surface area contributed by atoms with Crippen molar-refractivity contribution in [3.05, 3.63) is 30.0 Å². The minimum atomic E-state index is -0.196. The summed E-state index contributed by atoms with van der Waals surface area (Å²) in [5.41, 5.74) is 2.38. The van der Waals surface area contributed by atoms with Crippen LogP contribution >= 0.6 is 0 Å². The van der Waals surface area contributed by atoms with Crippen LogP contribution in [-0.2, 0) is 11.2 Å². The van der Waals surface area contributed by atoms with Gasteiger partial charge in [-0.15, -0.1) is 0 Å². The molecule has 4 nitrogen and oxygen atoms in total. The molecule has 4 heteroatoms. The predicted molar refractivity (Wildman–Crippen MR) is 95.0 cm³/mol. The maximum atomic E-state index is 11.5. The topological polar surface area (TPSA) is 45.3 Å². The van der Waals surface area contributed by atoms with E-state index < -0.39 is 0 Å². The van der Waals surface area contributed by atoms with Crippen molar-refractivity contribution in [2.45, 2.75) is 46.5 Å². The monoisotopic (exact) mass is 316 g/mol. The number of hydrogen-bond acceptors (Lipinski definition) is 3. The average Bonchev–Trinajstić information content (AvgIpc) is 2.95. The third-order valence-corrected chi connectivity index (χ3v) is 4.04. The number of fused-ring (bicyclic) bond motifs is 1. The van der Waals surface area contributed by atoms with E-state index >= 15 is 0 Å². The number of nitrogens with one attached hydrogen (secondary N) is 1. The zero-order valence-electron chi connectivity index (χ0n) is 14.5. The second-order valence-electron chi connectivity index (χ2n) is 5.94. The summed E-state index contributed by atoms with van der Waals surface area (Å²) in [6.45, 7) is 9.61. The maximum Gasteiger partial charge on any atom is 0.310 e. The third kappa shape index (κ3) is 4.83. The quantitative estimate of drug-likeness (QED) is 0.558. The van der Waals surface area contributed by atoms with Gasteiger partial charge in [0.2, 0.25) is 0 Å².